The van der Waals surface area contributed by atoms with Crippen molar-refractivity contribution in [1.29, 1.82) is 0 Å². The van der Waals surface area contributed by atoms with Crippen molar-refractivity contribution in [1.82, 2.24) is 0 Å². The van der Waals surface area contributed by atoms with Crippen LogP contribution in [0.3, 0.4) is 0 Å². The van der Waals surface area contributed by atoms with Gasteiger partial charge in [0.05, 0.1) is 34.4 Å². The predicted octanol–water partition coefficient (Wildman–Crippen LogP) is 16.9. The molecule has 0 aliphatic carbocycles. The Morgan fingerprint density at radius 2 is 0.781 bits per heavy atom. The number of carbonyl (C=O) groups is 3. The van der Waals surface area contributed by atoms with Crippen LogP contribution in [0.15, 0.2) is 122 Å². The van der Waals surface area contributed by atoms with Gasteiger partial charge >= 0.3 is 17.9 Å². The van der Waals surface area contributed by atoms with Gasteiger partial charge in [0.15, 0.2) is 6.10 Å². The first kappa shape index (κ1) is 68.7. The third-order valence-electron chi connectivity index (χ3n) is 11.7. The molecule has 0 radical (unpaired) electrons. The third kappa shape index (κ3) is 55.3. The maximum atomic E-state index is 12.8. The smallest absolute Gasteiger partial charge is 0.361 e. The fourth-order valence-corrected chi connectivity index (χ4v) is 7.33. The molecule has 0 aromatic heterocycles. The Morgan fingerprint density at radius 3 is 1.16 bits per heavy atom. The summed E-state index contributed by atoms with van der Waals surface area (Å²) in [6.45, 7) is 4.70. The third-order valence-corrected chi connectivity index (χ3v) is 11.7. The first-order valence-corrected chi connectivity index (χ1v) is 28.7. The van der Waals surface area contributed by atoms with E-state index < -0.39 is 24.3 Å². The van der Waals surface area contributed by atoms with Crippen molar-refractivity contribution in [3.05, 3.63) is 122 Å². The van der Waals surface area contributed by atoms with Crippen LogP contribution in [0, 0.1) is 0 Å². The Bertz CT molecular complexity index is 1610. The molecule has 0 saturated heterocycles. The van der Waals surface area contributed by atoms with E-state index in [4.69, 9.17) is 18.9 Å². The summed E-state index contributed by atoms with van der Waals surface area (Å²) < 4.78 is 22.8. The fourth-order valence-electron chi connectivity index (χ4n) is 7.33. The minimum absolute atomic E-state index is 0.174. The number of rotatable bonds is 51. The van der Waals surface area contributed by atoms with Crippen LogP contribution in [-0.2, 0) is 33.3 Å². The molecule has 2 unspecified atom stereocenters. The summed E-state index contributed by atoms with van der Waals surface area (Å²) in [5, 5.41) is 9.69. The van der Waals surface area contributed by atoms with E-state index in [0.717, 1.165) is 96.3 Å². The normalized spacial score (nSPS) is 13.7. The van der Waals surface area contributed by atoms with Crippen molar-refractivity contribution in [3.8, 4) is 0 Å². The number of likely N-dealkylation sites (N-methyl/N-ethyl adjacent to an activating group) is 1. The molecule has 0 aliphatic rings. The summed E-state index contributed by atoms with van der Waals surface area (Å²) in [5.74, 6) is -2.08. The van der Waals surface area contributed by atoms with E-state index in [9.17, 15) is 19.5 Å². The van der Waals surface area contributed by atoms with Crippen LogP contribution in [0.1, 0.15) is 206 Å². The molecular weight excluding hydrogens is 911 g/mol. The molecule has 414 valence electrons. The van der Waals surface area contributed by atoms with Gasteiger partial charge in [0.25, 0.3) is 6.29 Å². The number of allylic oxidation sites excluding steroid dienone is 20. The zero-order chi connectivity index (χ0) is 53.4. The highest BCUT2D eigenvalue weighted by Gasteiger charge is 2.25. The van der Waals surface area contributed by atoms with E-state index in [1.807, 2.05) is 21.1 Å². The number of carboxylic acid groups (broad SMARTS) is 1. The van der Waals surface area contributed by atoms with Gasteiger partial charge in [0.2, 0.25) is 0 Å². The monoisotopic (exact) mass is 1020 g/mol. The van der Waals surface area contributed by atoms with Gasteiger partial charge in [0.1, 0.15) is 13.2 Å². The molecule has 9 nitrogen and oxygen atoms in total. The molecule has 0 amide bonds. The van der Waals surface area contributed by atoms with E-state index in [1.165, 1.54) is 77.0 Å². The second kappa shape index (κ2) is 54.0. The van der Waals surface area contributed by atoms with Crippen molar-refractivity contribution < 1.29 is 42.9 Å². The first-order chi connectivity index (χ1) is 35.6. The lowest BCUT2D eigenvalue weighted by molar-refractivity contribution is -0.870. The van der Waals surface area contributed by atoms with E-state index >= 15 is 0 Å². The molecule has 0 heterocycles. The Morgan fingerprint density at radius 1 is 0.425 bits per heavy atom. The Hall–Kier alpha value is -4.31. The van der Waals surface area contributed by atoms with Gasteiger partial charge in [-0.2, -0.15) is 0 Å². The number of hydrogen-bond acceptors (Lipinski definition) is 7. The summed E-state index contributed by atoms with van der Waals surface area (Å²) in [6.07, 6.45) is 72.8. The van der Waals surface area contributed by atoms with Gasteiger partial charge in [0, 0.05) is 12.8 Å². The Balaban J connectivity index is 4.36. The van der Waals surface area contributed by atoms with E-state index in [1.54, 1.807) is 0 Å². The molecule has 0 bridgehead atoms. The summed E-state index contributed by atoms with van der Waals surface area (Å²) >= 11 is 0. The first-order valence-electron chi connectivity index (χ1n) is 28.7. The van der Waals surface area contributed by atoms with Crippen LogP contribution in [0.25, 0.3) is 0 Å². The SMILES string of the molecule is CC/C=C\C/C=C\C/C=C\C/C=C\C/C=C\C/C=C\C/C=C\C/C=C\C/C=C\C/C=C\CCCCC(=O)OC(COC(=O)CCCCCCCCCCCCCCCCC)COC(OCC[N+](C)(C)C)C(=O)O. The zero-order valence-electron chi connectivity index (χ0n) is 47.0. The maximum absolute atomic E-state index is 12.8. The van der Waals surface area contributed by atoms with E-state index in [-0.39, 0.29) is 38.6 Å². The molecule has 0 spiro atoms. The van der Waals surface area contributed by atoms with Gasteiger partial charge < -0.3 is 28.5 Å². The number of carboxylic acids is 1. The van der Waals surface area contributed by atoms with Crippen molar-refractivity contribution in [2.45, 2.75) is 219 Å². The molecule has 0 fully saturated rings. The van der Waals surface area contributed by atoms with Gasteiger partial charge in [-0.1, -0.05) is 225 Å². The van der Waals surface area contributed by atoms with Crippen LogP contribution in [0.4, 0.5) is 0 Å². The van der Waals surface area contributed by atoms with Crippen LogP contribution in [0.5, 0.6) is 0 Å². The van der Waals surface area contributed by atoms with Crippen LogP contribution in [0.2, 0.25) is 0 Å². The van der Waals surface area contributed by atoms with Crippen molar-refractivity contribution in [3.63, 3.8) is 0 Å². The maximum Gasteiger partial charge on any atom is 0.361 e. The van der Waals surface area contributed by atoms with Crippen molar-refractivity contribution >= 4 is 17.9 Å². The average molecular weight is 1020 g/mol. The Labute approximate surface area is 447 Å². The number of unbranched alkanes of at least 4 members (excludes halogenated alkanes) is 16. The molecule has 1 N–H and O–H groups in total. The molecule has 0 saturated carbocycles. The molecule has 0 aromatic rings. The summed E-state index contributed by atoms with van der Waals surface area (Å²) in [6, 6.07) is 0. The van der Waals surface area contributed by atoms with Crippen LogP contribution >= 0.6 is 0 Å². The second-order valence-corrected chi connectivity index (χ2v) is 19.9. The summed E-state index contributed by atoms with van der Waals surface area (Å²) in [7, 11) is 5.94. The van der Waals surface area contributed by atoms with E-state index in [2.05, 4.69) is 135 Å². The molecule has 2 atom stereocenters. The minimum atomic E-state index is -1.53. The molecule has 0 aromatic carbocycles. The fraction of sp³-hybridized carbons (Fsp3) is 0.641. The van der Waals surface area contributed by atoms with Crippen molar-refractivity contribution in [2.24, 2.45) is 0 Å². The topological polar surface area (TPSA) is 108 Å². The van der Waals surface area contributed by atoms with E-state index in [0.29, 0.717) is 17.4 Å². The second-order valence-electron chi connectivity index (χ2n) is 19.9. The summed E-state index contributed by atoms with van der Waals surface area (Å²) in [4.78, 5) is 37.3. The number of aliphatic carboxylic acids is 1. The van der Waals surface area contributed by atoms with Crippen LogP contribution < -0.4 is 0 Å². The highest BCUT2D eigenvalue weighted by molar-refractivity contribution is 5.71. The number of carbonyl (C=O) groups excluding carboxylic acids is 2. The van der Waals surface area contributed by atoms with Gasteiger partial charge in [-0.15, -0.1) is 0 Å². The minimum Gasteiger partial charge on any atom is -0.477 e. The lowest BCUT2D eigenvalue weighted by Crippen LogP contribution is -2.40. The molecule has 9 heteroatoms. The van der Waals surface area contributed by atoms with Gasteiger partial charge in [-0.3, -0.25) is 9.59 Å². The lowest BCUT2D eigenvalue weighted by Gasteiger charge is -2.25. The Kier molecular flexibility index (Phi) is 50.8. The van der Waals surface area contributed by atoms with Crippen molar-refractivity contribution in [2.75, 3.05) is 47.5 Å². The number of hydrogen-bond donors (Lipinski definition) is 1. The van der Waals surface area contributed by atoms with Crippen LogP contribution in [-0.4, -0.2) is 87.4 Å². The standard InChI is InChI=1S/C64H105NO8/c1-6-8-10-12-14-16-18-20-22-23-24-25-26-27-28-29-30-31-32-33-34-35-36-37-38-39-41-43-45-47-49-51-53-55-62(67)73-60(59-72-64(63(68)69)70-57-56-65(3,4)5)58-71-61(66)54-52-50-48-46-44-42-40-21-19-17-15-13-11-9-7-2/h8,10,14,16,20,22,24-25,27-28,30-31,33-34,36-37,39,41,45,47,60,64H,6-7,9,11-13,15,17-19,21,23,26,29,32,35,38,40,42-44,46,48-59H2,1-5H3/p+1/b10-8-,16-14-,22-20-,25-24-,28-27-,31-30-,34-33-,37-36-,41-39-,47-45-. The molecular formula is C64H106NO8+. The average Bonchev–Trinajstić information content (AvgIpc) is 3.36. The molecule has 0 rings (SSSR count). The quantitative estimate of drug-likeness (QED) is 0.0211. The molecule has 0 aliphatic heterocycles. The number of esters is 2. The lowest BCUT2D eigenvalue weighted by atomic mass is 10.0. The highest BCUT2D eigenvalue weighted by Crippen LogP contribution is 2.15. The largest absolute Gasteiger partial charge is 0.477 e. The number of nitrogens with zero attached hydrogens (tertiary/aromatic N) is 1. The van der Waals surface area contributed by atoms with Gasteiger partial charge in [-0.05, 0) is 89.9 Å². The summed E-state index contributed by atoms with van der Waals surface area (Å²) in [5.41, 5.74) is 0. The number of ether oxygens (including phenoxy) is 4. The number of quaternary nitrogens is 1. The highest BCUT2D eigenvalue weighted by atomic mass is 16.7. The predicted molar refractivity (Wildman–Crippen MR) is 308 cm³/mol. The zero-order valence-corrected chi connectivity index (χ0v) is 47.0. The molecule has 73 heavy (non-hydrogen) atoms. The van der Waals surface area contributed by atoms with Gasteiger partial charge in [-0.25, -0.2) is 4.79 Å².